The van der Waals surface area contributed by atoms with E-state index < -0.39 is 22.2 Å². The van der Waals surface area contributed by atoms with Crippen molar-refractivity contribution in [3.63, 3.8) is 0 Å². The van der Waals surface area contributed by atoms with Crippen molar-refractivity contribution in [2.45, 2.75) is 103 Å². The van der Waals surface area contributed by atoms with Crippen LogP contribution in [0.3, 0.4) is 0 Å². The maximum atomic E-state index is 14.1. The number of ether oxygens (including phenoxy) is 1. The summed E-state index contributed by atoms with van der Waals surface area (Å²) in [5.41, 5.74) is 8.07. The fourth-order valence-corrected chi connectivity index (χ4v) is 6.81. The summed E-state index contributed by atoms with van der Waals surface area (Å²) in [6, 6.07) is 2.98. The molecule has 1 aliphatic heterocycles. The number of carbonyl (C=O) groups excluding carboxylic acids is 2. The van der Waals surface area contributed by atoms with Gasteiger partial charge in [-0.05, 0) is 54.2 Å². The standard InChI is InChI=1S/C29H49N5O5S/c1-8-39-29(36)34-15-13-33(14-16-34)28(35)25(11-9-10-12-26(30)31)32-40(37,38)27-23(20(4)5)17-22(19(2)3)18-24(27)21(6)7/h17-21,25,32H,8-16H2,1-7H3,(H3,30,31)/t25-/m0/s1. The first-order valence-electron chi connectivity index (χ1n) is 14.4. The Morgan fingerprint density at radius 2 is 1.48 bits per heavy atom. The summed E-state index contributed by atoms with van der Waals surface area (Å²) in [7, 11) is -4.07. The molecule has 0 unspecified atom stereocenters. The third kappa shape index (κ3) is 8.92. The average molecular weight is 580 g/mol. The first kappa shape index (κ1) is 33.5. The molecule has 0 bridgehead atoms. The van der Waals surface area contributed by atoms with E-state index in [0.717, 1.165) is 16.7 Å². The summed E-state index contributed by atoms with van der Waals surface area (Å²) in [5, 5.41) is 7.49. The van der Waals surface area contributed by atoms with Gasteiger partial charge in [-0.1, -0.05) is 60.1 Å². The van der Waals surface area contributed by atoms with Gasteiger partial charge in [0.15, 0.2) is 0 Å². The van der Waals surface area contributed by atoms with E-state index in [2.05, 4.69) is 18.6 Å². The Hall–Kier alpha value is -2.66. The molecule has 1 heterocycles. The number of amidine groups is 1. The van der Waals surface area contributed by atoms with Gasteiger partial charge in [0.2, 0.25) is 15.9 Å². The van der Waals surface area contributed by atoms with E-state index in [4.69, 9.17) is 15.9 Å². The van der Waals surface area contributed by atoms with Gasteiger partial charge in [0, 0.05) is 32.6 Å². The number of piperazine rings is 1. The highest BCUT2D eigenvalue weighted by molar-refractivity contribution is 7.89. The molecule has 1 saturated heterocycles. The van der Waals surface area contributed by atoms with E-state index in [1.807, 2.05) is 39.8 Å². The number of unbranched alkanes of at least 4 members (excludes halogenated alkanes) is 1. The molecule has 1 aromatic rings. The number of hydrogen-bond donors (Lipinski definition) is 3. The Morgan fingerprint density at radius 1 is 0.950 bits per heavy atom. The second-order valence-corrected chi connectivity index (χ2v) is 13.1. The molecule has 226 valence electrons. The maximum Gasteiger partial charge on any atom is 0.409 e. The van der Waals surface area contributed by atoms with Gasteiger partial charge in [0.25, 0.3) is 0 Å². The molecule has 2 rings (SSSR count). The van der Waals surface area contributed by atoms with Crippen molar-refractivity contribution in [3.05, 3.63) is 28.8 Å². The Bertz CT molecular complexity index is 1110. The number of hydrogen-bond acceptors (Lipinski definition) is 6. The minimum Gasteiger partial charge on any atom is -0.450 e. The van der Waals surface area contributed by atoms with Crippen molar-refractivity contribution in [1.29, 1.82) is 5.41 Å². The molecular formula is C29H49N5O5S. The van der Waals surface area contributed by atoms with Crippen molar-refractivity contribution in [2.75, 3.05) is 32.8 Å². The molecule has 1 aliphatic rings. The molecule has 40 heavy (non-hydrogen) atoms. The first-order valence-corrected chi connectivity index (χ1v) is 15.9. The highest BCUT2D eigenvalue weighted by Gasteiger charge is 2.34. The summed E-state index contributed by atoms with van der Waals surface area (Å²) in [5.74, 6) is -0.0895. The summed E-state index contributed by atoms with van der Waals surface area (Å²) >= 11 is 0. The fraction of sp³-hybridized carbons (Fsp3) is 0.690. The number of carbonyl (C=O) groups is 2. The van der Waals surface area contributed by atoms with Crippen molar-refractivity contribution in [1.82, 2.24) is 14.5 Å². The number of nitrogens with one attached hydrogen (secondary N) is 2. The third-order valence-electron chi connectivity index (χ3n) is 7.25. The predicted molar refractivity (Wildman–Crippen MR) is 158 cm³/mol. The Labute approximate surface area is 240 Å². The van der Waals surface area contributed by atoms with E-state index in [1.54, 1.807) is 16.7 Å². The SMILES string of the molecule is CCOC(=O)N1CCN(C(=O)[C@H](CCCCC(=N)N)NS(=O)(=O)c2c(C(C)C)cc(C(C)C)cc2C(C)C)CC1. The van der Waals surface area contributed by atoms with Gasteiger partial charge in [0.05, 0.1) is 17.3 Å². The number of nitrogens with two attached hydrogens (primary N) is 1. The van der Waals surface area contributed by atoms with E-state index in [-0.39, 0.29) is 47.4 Å². The van der Waals surface area contributed by atoms with Crippen LogP contribution in [0.1, 0.15) is 109 Å². The second kappa shape index (κ2) is 14.8. The topological polar surface area (TPSA) is 146 Å². The first-order chi connectivity index (χ1) is 18.7. The lowest BCUT2D eigenvalue weighted by atomic mass is 9.89. The van der Waals surface area contributed by atoms with Crippen molar-refractivity contribution in [2.24, 2.45) is 5.73 Å². The van der Waals surface area contributed by atoms with Gasteiger partial charge < -0.3 is 20.3 Å². The van der Waals surface area contributed by atoms with Gasteiger partial charge in [-0.25, -0.2) is 13.2 Å². The molecule has 0 saturated carbocycles. The lowest BCUT2D eigenvalue weighted by Gasteiger charge is -2.36. The van der Waals surface area contributed by atoms with Crippen LogP contribution in [-0.4, -0.2) is 74.9 Å². The van der Waals surface area contributed by atoms with Crippen LogP contribution in [0, 0.1) is 5.41 Å². The lowest BCUT2D eigenvalue weighted by Crippen LogP contribution is -2.56. The van der Waals surface area contributed by atoms with Crippen LogP contribution in [0.2, 0.25) is 0 Å². The van der Waals surface area contributed by atoms with Gasteiger partial charge >= 0.3 is 6.09 Å². The molecule has 4 N–H and O–H groups in total. The fourth-order valence-electron chi connectivity index (χ4n) is 4.89. The van der Waals surface area contributed by atoms with Gasteiger partial charge in [-0.15, -0.1) is 0 Å². The van der Waals surface area contributed by atoms with Crippen LogP contribution >= 0.6 is 0 Å². The molecule has 1 fully saturated rings. The molecule has 0 aliphatic carbocycles. The molecule has 1 aromatic carbocycles. The molecule has 2 amide bonds. The van der Waals surface area contributed by atoms with Crippen LogP contribution in [0.25, 0.3) is 0 Å². The zero-order chi connectivity index (χ0) is 30.2. The Morgan fingerprint density at radius 3 is 1.93 bits per heavy atom. The van der Waals surface area contributed by atoms with Crippen molar-refractivity contribution >= 4 is 27.9 Å². The lowest BCUT2D eigenvalue weighted by molar-refractivity contribution is -0.134. The molecule has 0 spiro atoms. The summed E-state index contributed by atoms with van der Waals surface area (Å²) in [6.07, 6.45) is 1.36. The zero-order valence-electron chi connectivity index (χ0n) is 25.2. The monoisotopic (exact) mass is 579 g/mol. The number of sulfonamides is 1. The maximum absolute atomic E-state index is 14.1. The molecule has 0 aromatic heterocycles. The van der Waals surface area contributed by atoms with Crippen LogP contribution in [0.5, 0.6) is 0 Å². The summed E-state index contributed by atoms with van der Waals surface area (Å²) in [6.45, 7) is 15.4. The average Bonchev–Trinajstić information content (AvgIpc) is 2.89. The van der Waals surface area contributed by atoms with E-state index in [1.165, 1.54) is 0 Å². The van der Waals surface area contributed by atoms with Crippen LogP contribution in [0.4, 0.5) is 4.79 Å². The van der Waals surface area contributed by atoms with Crippen molar-refractivity contribution < 1.29 is 22.7 Å². The van der Waals surface area contributed by atoms with Gasteiger partial charge in [-0.2, -0.15) is 4.72 Å². The van der Waals surface area contributed by atoms with Crippen LogP contribution in [0.15, 0.2) is 17.0 Å². The number of nitrogens with zero attached hydrogens (tertiary/aromatic N) is 2. The summed E-state index contributed by atoms with van der Waals surface area (Å²) < 4.78 is 36.1. The van der Waals surface area contributed by atoms with Crippen LogP contribution in [-0.2, 0) is 19.6 Å². The zero-order valence-corrected chi connectivity index (χ0v) is 26.1. The third-order valence-corrected chi connectivity index (χ3v) is 8.85. The quantitative estimate of drug-likeness (QED) is 0.178. The Kier molecular flexibility index (Phi) is 12.4. The number of amides is 2. The Balaban J connectivity index is 2.41. The highest BCUT2D eigenvalue weighted by Crippen LogP contribution is 2.35. The molecule has 1 atom stereocenters. The van der Waals surface area contributed by atoms with Crippen molar-refractivity contribution in [3.8, 4) is 0 Å². The van der Waals surface area contributed by atoms with E-state index in [0.29, 0.717) is 45.4 Å². The van der Waals surface area contributed by atoms with E-state index in [9.17, 15) is 18.0 Å². The second-order valence-electron chi connectivity index (χ2n) is 11.4. The van der Waals surface area contributed by atoms with E-state index >= 15 is 0 Å². The van der Waals surface area contributed by atoms with Gasteiger partial charge in [-0.3, -0.25) is 10.2 Å². The number of benzene rings is 1. The molecular weight excluding hydrogens is 530 g/mol. The normalized spacial score (nSPS) is 15.2. The number of rotatable bonds is 13. The predicted octanol–water partition coefficient (Wildman–Crippen LogP) is 4.50. The largest absolute Gasteiger partial charge is 0.450 e. The minimum absolute atomic E-state index is 0.0385. The van der Waals surface area contributed by atoms with Gasteiger partial charge in [0.1, 0.15) is 6.04 Å². The smallest absolute Gasteiger partial charge is 0.409 e. The van der Waals surface area contributed by atoms with Crippen LogP contribution < -0.4 is 10.5 Å². The molecule has 10 nitrogen and oxygen atoms in total. The highest BCUT2D eigenvalue weighted by atomic mass is 32.2. The molecule has 11 heteroatoms. The minimum atomic E-state index is -4.07. The molecule has 0 radical (unpaired) electrons. The summed E-state index contributed by atoms with van der Waals surface area (Å²) in [4.78, 5) is 29.2.